The number of hydrogen-bond donors (Lipinski definition) is 1. The number of anilines is 1. The molecule has 2 aliphatic rings. The monoisotopic (exact) mass is 338 g/mol. The van der Waals surface area contributed by atoms with E-state index in [2.05, 4.69) is 20.2 Å². The summed E-state index contributed by atoms with van der Waals surface area (Å²) in [5.74, 6) is 3.70. The third kappa shape index (κ3) is 4.08. The van der Waals surface area contributed by atoms with Gasteiger partial charge in [0.05, 0.1) is 19.3 Å². The molecule has 0 spiro atoms. The van der Waals surface area contributed by atoms with Crippen molar-refractivity contribution < 1.29 is 9.47 Å². The van der Waals surface area contributed by atoms with Crippen LogP contribution in [0.1, 0.15) is 20.3 Å². The maximum Gasteiger partial charge on any atom is 0.257 e. The summed E-state index contributed by atoms with van der Waals surface area (Å²) in [5.41, 5.74) is 0.182. The minimum absolute atomic E-state index is 0.0856. The Balaban J connectivity index is 1.70. The molecule has 1 N–H and O–H groups in total. The lowest BCUT2D eigenvalue weighted by molar-refractivity contribution is -0.00925. The second kappa shape index (κ2) is 7.68. The first-order valence-corrected chi connectivity index (χ1v) is 9.47. The van der Waals surface area contributed by atoms with E-state index in [1.807, 2.05) is 25.6 Å². The zero-order valence-electron chi connectivity index (χ0n) is 14.0. The maximum absolute atomic E-state index is 5.76. The van der Waals surface area contributed by atoms with Crippen molar-refractivity contribution >= 4 is 17.6 Å². The Morgan fingerprint density at radius 1 is 1.35 bits per heavy atom. The summed E-state index contributed by atoms with van der Waals surface area (Å²) in [6.45, 7) is 8.56. The Bertz CT molecular complexity index is 503. The van der Waals surface area contributed by atoms with Crippen molar-refractivity contribution in [2.24, 2.45) is 0 Å². The van der Waals surface area contributed by atoms with Gasteiger partial charge in [-0.3, -0.25) is 4.90 Å². The largest absolute Gasteiger partial charge is 0.472 e. The number of nitrogens with zero attached hydrogens (tertiary/aromatic N) is 3. The van der Waals surface area contributed by atoms with Crippen LogP contribution in [0.4, 0.5) is 5.82 Å². The number of aromatic nitrogens is 2. The number of nitrogens with one attached hydrogen (secondary N) is 1. The van der Waals surface area contributed by atoms with Crippen LogP contribution in [-0.4, -0.2) is 70.9 Å². The van der Waals surface area contributed by atoms with E-state index in [1.54, 1.807) is 12.4 Å². The fraction of sp³-hybridized carbons (Fsp3) is 0.750. The van der Waals surface area contributed by atoms with Gasteiger partial charge in [-0.2, -0.15) is 11.8 Å². The fourth-order valence-electron chi connectivity index (χ4n) is 3.14. The van der Waals surface area contributed by atoms with Crippen LogP contribution in [0.25, 0.3) is 0 Å². The predicted octanol–water partition coefficient (Wildman–Crippen LogP) is 1.88. The highest BCUT2D eigenvalue weighted by Crippen LogP contribution is 2.34. The van der Waals surface area contributed by atoms with Crippen LogP contribution in [0.2, 0.25) is 0 Å². The Labute approximate surface area is 142 Å². The molecule has 2 aliphatic heterocycles. The molecule has 1 aromatic rings. The van der Waals surface area contributed by atoms with E-state index in [9.17, 15) is 0 Å². The van der Waals surface area contributed by atoms with E-state index in [1.165, 1.54) is 12.2 Å². The van der Waals surface area contributed by atoms with Gasteiger partial charge in [0.15, 0.2) is 5.82 Å². The van der Waals surface area contributed by atoms with Crippen LogP contribution in [0.3, 0.4) is 0 Å². The van der Waals surface area contributed by atoms with Gasteiger partial charge >= 0.3 is 0 Å². The second-order valence-electron chi connectivity index (χ2n) is 6.36. The minimum Gasteiger partial charge on any atom is -0.472 e. The summed E-state index contributed by atoms with van der Waals surface area (Å²) >= 11 is 2.03. The molecule has 23 heavy (non-hydrogen) atoms. The molecule has 3 heterocycles. The third-order valence-corrected chi connectivity index (χ3v) is 5.60. The van der Waals surface area contributed by atoms with Crippen molar-refractivity contribution in [3.63, 3.8) is 0 Å². The molecular formula is C16H26N4O2S. The second-order valence-corrected chi connectivity index (χ2v) is 7.46. The van der Waals surface area contributed by atoms with Gasteiger partial charge in [0.2, 0.25) is 0 Å². The molecule has 2 fully saturated rings. The van der Waals surface area contributed by atoms with Gasteiger partial charge in [0.1, 0.15) is 0 Å². The lowest BCUT2D eigenvalue weighted by atomic mass is 9.95. The summed E-state index contributed by atoms with van der Waals surface area (Å²) in [7, 11) is 0. The smallest absolute Gasteiger partial charge is 0.257 e. The van der Waals surface area contributed by atoms with Gasteiger partial charge in [-0.1, -0.05) is 0 Å². The lowest BCUT2D eigenvalue weighted by Gasteiger charge is -2.43. The van der Waals surface area contributed by atoms with E-state index in [-0.39, 0.29) is 11.6 Å². The van der Waals surface area contributed by atoms with Crippen LogP contribution in [0, 0.1) is 0 Å². The molecule has 0 amide bonds. The Morgan fingerprint density at radius 3 is 2.83 bits per heavy atom. The van der Waals surface area contributed by atoms with E-state index in [0.29, 0.717) is 5.88 Å². The van der Waals surface area contributed by atoms with Crippen molar-refractivity contribution in [2.75, 3.05) is 49.7 Å². The maximum atomic E-state index is 5.76. The molecule has 6 nitrogen and oxygen atoms in total. The highest BCUT2D eigenvalue weighted by atomic mass is 32.2. The molecule has 0 radical (unpaired) electrons. The number of rotatable bonds is 6. The number of morpholine rings is 1. The Hall–Kier alpha value is -1.05. The zero-order valence-corrected chi connectivity index (χ0v) is 14.8. The molecule has 0 aromatic carbocycles. The lowest BCUT2D eigenvalue weighted by Crippen LogP contribution is -2.57. The number of thioether (sulfide) groups is 1. The Morgan fingerprint density at radius 2 is 2.13 bits per heavy atom. The zero-order chi connectivity index (χ0) is 16.1. The van der Waals surface area contributed by atoms with Crippen LogP contribution in [0.5, 0.6) is 5.88 Å². The molecule has 0 saturated carbocycles. The predicted molar refractivity (Wildman–Crippen MR) is 93.4 cm³/mol. The van der Waals surface area contributed by atoms with Gasteiger partial charge < -0.3 is 14.8 Å². The number of hydrogen-bond acceptors (Lipinski definition) is 7. The van der Waals surface area contributed by atoms with Gasteiger partial charge in [0, 0.05) is 43.3 Å². The van der Waals surface area contributed by atoms with Crippen LogP contribution in [-0.2, 0) is 4.74 Å². The highest BCUT2D eigenvalue weighted by Gasteiger charge is 2.40. The Kier molecular flexibility index (Phi) is 5.61. The van der Waals surface area contributed by atoms with Gasteiger partial charge in [-0.05, 0) is 26.0 Å². The molecule has 1 atom stereocenters. The molecule has 1 aromatic heterocycles. The summed E-state index contributed by atoms with van der Waals surface area (Å²) in [6.07, 6.45) is 4.67. The van der Waals surface area contributed by atoms with Crippen molar-refractivity contribution in [2.45, 2.75) is 31.9 Å². The molecule has 2 saturated heterocycles. The normalized spacial score (nSPS) is 25.7. The first-order valence-electron chi connectivity index (χ1n) is 8.32. The summed E-state index contributed by atoms with van der Waals surface area (Å²) in [6, 6.07) is 0. The SMILES string of the molecule is CC(C)Oc1nccnc1NCC1(N2CCOCC2)CCSC1. The van der Waals surface area contributed by atoms with E-state index < -0.39 is 0 Å². The van der Waals surface area contributed by atoms with Crippen molar-refractivity contribution in [1.29, 1.82) is 0 Å². The van der Waals surface area contributed by atoms with E-state index in [4.69, 9.17) is 9.47 Å². The molecule has 128 valence electrons. The standard InChI is InChI=1S/C16H26N4O2S/c1-13(2)22-15-14(17-4-5-18-15)19-11-16(3-10-23-12-16)20-6-8-21-9-7-20/h4-5,13H,3,6-12H2,1-2H3,(H,17,19). The molecule has 0 aliphatic carbocycles. The fourth-order valence-corrected chi connectivity index (χ4v) is 4.62. The van der Waals surface area contributed by atoms with Crippen LogP contribution >= 0.6 is 11.8 Å². The molecule has 3 rings (SSSR count). The quantitative estimate of drug-likeness (QED) is 0.850. The highest BCUT2D eigenvalue weighted by molar-refractivity contribution is 7.99. The molecule has 0 bridgehead atoms. The molecule has 1 unspecified atom stereocenters. The van der Waals surface area contributed by atoms with Crippen molar-refractivity contribution in [3.05, 3.63) is 12.4 Å². The number of ether oxygens (including phenoxy) is 2. The average Bonchev–Trinajstić information content (AvgIpc) is 3.05. The minimum atomic E-state index is 0.0856. The van der Waals surface area contributed by atoms with Crippen LogP contribution in [0.15, 0.2) is 12.4 Å². The summed E-state index contributed by atoms with van der Waals surface area (Å²) in [4.78, 5) is 11.3. The third-order valence-electron chi connectivity index (χ3n) is 4.36. The average molecular weight is 338 g/mol. The molecule has 7 heteroatoms. The van der Waals surface area contributed by atoms with Crippen molar-refractivity contribution in [3.8, 4) is 5.88 Å². The van der Waals surface area contributed by atoms with Crippen LogP contribution < -0.4 is 10.1 Å². The van der Waals surface area contributed by atoms with Gasteiger partial charge in [-0.25, -0.2) is 9.97 Å². The van der Waals surface area contributed by atoms with Gasteiger partial charge in [0.25, 0.3) is 5.88 Å². The molecular weight excluding hydrogens is 312 g/mol. The first-order chi connectivity index (χ1) is 11.2. The van der Waals surface area contributed by atoms with Gasteiger partial charge in [-0.15, -0.1) is 0 Å². The summed E-state index contributed by atoms with van der Waals surface area (Å²) < 4.78 is 11.3. The van der Waals surface area contributed by atoms with Crippen molar-refractivity contribution in [1.82, 2.24) is 14.9 Å². The first kappa shape index (κ1) is 16.8. The van der Waals surface area contributed by atoms with E-state index in [0.717, 1.165) is 44.4 Å². The van der Waals surface area contributed by atoms with E-state index >= 15 is 0 Å². The topological polar surface area (TPSA) is 59.5 Å². The summed E-state index contributed by atoms with van der Waals surface area (Å²) in [5, 5.41) is 3.50.